The number of benzene rings is 2. The third-order valence-electron chi connectivity index (χ3n) is 3.52. The molecular formula is C16H19O5P. The normalized spacial score (nSPS) is 11.5. The molecule has 2 aromatic carbocycles. The largest absolute Gasteiger partial charge is 0.508 e. The van der Waals surface area contributed by atoms with Crippen LogP contribution in [0.4, 0.5) is 0 Å². The summed E-state index contributed by atoms with van der Waals surface area (Å²) in [5, 5.41) is 18.9. The predicted octanol–water partition coefficient (Wildman–Crippen LogP) is 2.47. The van der Waals surface area contributed by atoms with Crippen molar-refractivity contribution in [3.05, 3.63) is 53.6 Å². The molecule has 0 amide bonds. The molecule has 5 nitrogen and oxygen atoms in total. The van der Waals surface area contributed by atoms with E-state index in [1.807, 2.05) is 12.1 Å². The molecule has 4 N–H and O–H groups in total. The van der Waals surface area contributed by atoms with Crippen molar-refractivity contribution in [2.75, 3.05) is 0 Å². The summed E-state index contributed by atoms with van der Waals surface area (Å²) in [6.07, 6.45) is 2.73. The standard InChI is InChI=1S/C16H19O5P/c17-13-10-8-12(9-11-13)4-1-2-5-14-15(18)6-3-7-16(14)22(19,20)21/h3,6-11,17-18H,1-2,4-5H2,(H2,19,20,21). The highest BCUT2D eigenvalue weighted by Gasteiger charge is 2.22. The van der Waals surface area contributed by atoms with Crippen molar-refractivity contribution in [2.45, 2.75) is 25.7 Å². The van der Waals surface area contributed by atoms with Crippen molar-refractivity contribution < 1.29 is 24.6 Å². The molecule has 0 spiro atoms. The summed E-state index contributed by atoms with van der Waals surface area (Å²) in [4.78, 5) is 18.7. The number of phenolic OH excluding ortho intramolecular Hbond substituents is 2. The molecule has 0 bridgehead atoms. The molecule has 0 atom stereocenters. The Morgan fingerprint density at radius 3 is 2.14 bits per heavy atom. The summed E-state index contributed by atoms with van der Waals surface area (Å²) < 4.78 is 11.5. The van der Waals surface area contributed by atoms with Gasteiger partial charge in [0, 0.05) is 5.56 Å². The first-order valence-corrected chi connectivity index (χ1v) is 8.64. The highest BCUT2D eigenvalue weighted by molar-refractivity contribution is 7.60. The van der Waals surface area contributed by atoms with Crippen molar-refractivity contribution in [1.29, 1.82) is 0 Å². The number of aromatic hydroxyl groups is 2. The average Bonchev–Trinajstić information content (AvgIpc) is 2.45. The minimum absolute atomic E-state index is 0.0783. The van der Waals surface area contributed by atoms with E-state index in [2.05, 4.69) is 0 Å². The summed E-state index contributed by atoms with van der Waals surface area (Å²) in [6, 6.07) is 11.2. The Kier molecular flexibility index (Phi) is 5.24. The van der Waals surface area contributed by atoms with E-state index in [4.69, 9.17) is 0 Å². The van der Waals surface area contributed by atoms with Crippen LogP contribution in [0.25, 0.3) is 0 Å². The highest BCUT2D eigenvalue weighted by atomic mass is 31.2. The lowest BCUT2D eigenvalue weighted by Crippen LogP contribution is -2.11. The second-order valence-corrected chi connectivity index (χ2v) is 6.76. The zero-order valence-electron chi connectivity index (χ0n) is 12.0. The third kappa shape index (κ3) is 4.34. The fourth-order valence-corrected chi connectivity index (χ4v) is 3.24. The molecule has 0 saturated carbocycles. The molecular weight excluding hydrogens is 303 g/mol. The molecule has 0 aliphatic carbocycles. The van der Waals surface area contributed by atoms with Crippen molar-refractivity contribution in [1.82, 2.24) is 0 Å². The van der Waals surface area contributed by atoms with Gasteiger partial charge in [-0.15, -0.1) is 0 Å². The zero-order chi connectivity index (χ0) is 16.2. The minimum Gasteiger partial charge on any atom is -0.508 e. The first-order chi connectivity index (χ1) is 10.4. The Hall–Kier alpha value is -1.81. The fraction of sp³-hybridized carbons (Fsp3) is 0.250. The van der Waals surface area contributed by atoms with Gasteiger partial charge >= 0.3 is 7.60 Å². The smallest absolute Gasteiger partial charge is 0.356 e. The molecule has 0 fully saturated rings. The maximum absolute atomic E-state index is 11.5. The van der Waals surface area contributed by atoms with Crippen LogP contribution in [0.2, 0.25) is 0 Å². The van der Waals surface area contributed by atoms with Gasteiger partial charge in [-0.2, -0.15) is 0 Å². The molecule has 0 aromatic heterocycles. The Balaban J connectivity index is 1.97. The molecule has 2 aromatic rings. The van der Waals surface area contributed by atoms with Crippen molar-refractivity contribution in [2.24, 2.45) is 0 Å². The van der Waals surface area contributed by atoms with Crippen LogP contribution in [0.5, 0.6) is 11.5 Å². The number of unbranched alkanes of at least 4 members (excludes halogenated alkanes) is 1. The quantitative estimate of drug-likeness (QED) is 0.484. The van der Waals surface area contributed by atoms with Crippen molar-refractivity contribution >= 4 is 12.9 Å². The molecule has 0 saturated heterocycles. The first-order valence-electron chi connectivity index (χ1n) is 7.03. The van der Waals surface area contributed by atoms with Crippen molar-refractivity contribution in [3.8, 4) is 11.5 Å². The molecule has 0 aliphatic heterocycles. The third-order valence-corrected chi connectivity index (χ3v) is 4.57. The van der Waals surface area contributed by atoms with Crippen LogP contribution in [0.15, 0.2) is 42.5 Å². The van der Waals surface area contributed by atoms with E-state index in [0.717, 1.165) is 18.4 Å². The van der Waals surface area contributed by atoms with E-state index in [1.54, 1.807) is 12.1 Å². The van der Waals surface area contributed by atoms with E-state index in [9.17, 15) is 24.6 Å². The number of phenols is 2. The summed E-state index contributed by atoms with van der Waals surface area (Å²) in [5.41, 5.74) is 1.41. The first kappa shape index (κ1) is 16.6. The molecule has 0 aliphatic rings. The Labute approximate surface area is 129 Å². The molecule has 0 radical (unpaired) electrons. The Morgan fingerprint density at radius 2 is 1.50 bits per heavy atom. The van der Waals surface area contributed by atoms with E-state index in [1.165, 1.54) is 18.2 Å². The van der Waals surface area contributed by atoms with E-state index < -0.39 is 7.60 Å². The van der Waals surface area contributed by atoms with Gasteiger partial charge in [-0.3, -0.25) is 4.57 Å². The van der Waals surface area contributed by atoms with E-state index >= 15 is 0 Å². The van der Waals surface area contributed by atoms with Gasteiger partial charge < -0.3 is 20.0 Å². The van der Waals surface area contributed by atoms with Crippen molar-refractivity contribution in [3.63, 3.8) is 0 Å². The van der Waals surface area contributed by atoms with Crippen LogP contribution in [0, 0.1) is 0 Å². The Morgan fingerprint density at radius 1 is 0.864 bits per heavy atom. The van der Waals surface area contributed by atoms with Gasteiger partial charge in [-0.25, -0.2) is 0 Å². The SMILES string of the molecule is O=P(O)(O)c1cccc(O)c1CCCCc1ccc(O)cc1. The van der Waals surface area contributed by atoms with E-state index in [-0.39, 0.29) is 16.8 Å². The second kappa shape index (κ2) is 6.97. The Bertz CT molecular complexity index is 675. The van der Waals surface area contributed by atoms with Crippen LogP contribution >= 0.6 is 7.60 Å². The maximum Gasteiger partial charge on any atom is 0.356 e. The lowest BCUT2D eigenvalue weighted by atomic mass is 10.0. The fourth-order valence-electron chi connectivity index (χ4n) is 2.39. The van der Waals surface area contributed by atoms with Gasteiger partial charge in [0.25, 0.3) is 0 Å². The second-order valence-electron chi connectivity index (χ2n) is 5.19. The van der Waals surface area contributed by atoms with Crippen LogP contribution in [0.1, 0.15) is 24.0 Å². The molecule has 22 heavy (non-hydrogen) atoms. The average molecular weight is 322 g/mol. The number of hydrogen-bond acceptors (Lipinski definition) is 3. The predicted molar refractivity (Wildman–Crippen MR) is 84.5 cm³/mol. The lowest BCUT2D eigenvalue weighted by Gasteiger charge is -2.12. The van der Waals surface area contributed by atoms with Crippen LogP contribution < -0.4 is 5.30 Å². The zero-order valence-corrected chi connectivity index (χ0v) is 12.9. The summed E-state index contributed by atoms with van der Waals surface area (Å²) >= 11 is 0. The van der Waals surface area contributed by atoms with Gasteiger partial charge in [0.2, 0.25) is 0 Å². The molecule has 2 rings (SSSR count). The van der Waals surface area contributed by atoms with Crippen LogP contribution in [0.3, 0.4) is 0 Å². The number of rotatable bonds is 6. The summed E-state index contributed by atoms with van der Waals surface area (Å²) in [5.74, 6) is 0.148. The minimum atomic E-state index is -4.38. The van der Waals surface area contributed by atoms with Gasteiger partial charge in [-0.1, -0.05) is 18.2 Å². The molecule has 6 heteroatoms. The van der Waals surface area contributed by atoms with Gasteiger partial charge in [-0.05, 0) is 55.5 Å². The summed E-state index contributed by atoms with van der Waals surface area (Å²) in [7, 11) is -4.38. The highest BCUT2D eigenvalue weighted by Crippen LogP contribution is 2.37. The topological polar surface area (TPSA) is 98.0 Å². The molecule has 0 heterocycles. The number of hydrogen-bond donors (Lipinski definition) is 4. The van der Waals surface area contributed by atoms with Gasteiger partial charge in [0.1, 0.15) is 11.5 Å². The van der Waals surface area contributed by atoms with Gasteiger partial charge in [0.15, 0.2) is 0 Å². The van der Waals surface area contributed by atoms with Gasteiger partial charge in [0.05, 0.1) is 5.30 Å². The lowest BCUT2D eigenvalue weighted by molar-refractivity contribution is 0.386. The summed E-state index contributed by atoms with van der Waals surface area (Å²) in [6.45, 7) is 0. The maximum atomic E-state index is 11.5. The van der Waals surface area contributed by atoms with Crippen LogP contribution in [-0.2, 0) is 17.4 Å². The van der Waals surface area contributed by atoms with Crippen LogP contribution in [-0.4, -0.2) is 20.0 Å². The molecule has 0 unspecified atom stereocenters. The molecule has 118 valence electrons. The monoisotopic (exact) mass is 322 g/mol. The number of aryl methyl sites for hydroxylation is 1. The van der Waals surface area contributed by atoms with E-state index in [0.29, 0.717) is 18.4 Å².